The van der Waals surface area contributed by atoms with Gasteiger partial charge in [-0.15, -0.1) is 0 Å². The second-order valence-corrected chi connectivity index (χ2v) is 9.77. The largest absolute Gasteiger partial charge is 0.550 e. The average Bonchev–Trinajstić information content (AvgIpc) is 2.73. The summed E-state index contributed by atoms with van der Waals surface area (Å²) in [6.07, 6.45) is 0.920. The summed E-state index contributed by atoms with van der Waals surface area (Å²) in [6.45, 7) is 5.17. The molecule has 3 heterocycles. The van der Waals surface area contributed by atoms with Gasteiger partial charge >= 0.3 is 0 Å². The first-order chi connectivity index (χ1) is 15.2. The van der Waals surface area contributed by atoms with E-state index in [0.29, 0.717) is 30.8 Å². The molecule has 1 aromatic carbocycles. The Hall–Kier alpha value is -3.40. The maximum atomic E-state index is 13.3. The van der Waals surface area contributed by atoms with Gasteiger partial charge in [0.05, 0.1) is 11.6 Å². The van der Waals surface area contributed by atoms with Crippen molar-refractivity contribution in [2.75, 3.05) is 13.1 Å². The molecule has 0 aliphatic carbocycles. The number of carboxylic acid groups (broad SMARTS) is 1. The number of carbonyl (C=O) groups is 2. The molecule has 2 aliphatic rings. The fraction of sp³-hybridized carbons (Fsp3) is 0.440. The van der Waals surface area contributed by atoms with Crippen LogP contribution in [0.5, 0.6) is 0 Å². The number of nitriles is 1. The molecule has 7 heteroatoms. The first kappa shape index (κ1) is 21.8. The minimum atomic E-state index is -1.15. The van der Waals surface area contributed by atoms with Gasteiger partial charge in [0.15, 0.2) is 0 Å². The molecule has 4 rings (SSSR count). The molecule has 1 fully saturated rings. The van der Waals surface area contributed by atoms with E-state index in [1.165, 1.54) is 0 Å². The van der Waals surface area contributed by atoms with Crippen molar-refractivity contribution in [3.63, 3.8) is 0 Å². The van der Waals surface area contributed by atoms with Crippen LogP contribution in [-0.4, -0.2) is 34.4 Å². The van der Waals surface area contributed by atoms with E-state index in [-0.39, 0.29) is 36.1 Å². The van der Waals surface area contributed by atoms with Gasteiger partial charge in [0.25, 0.3) is 5.56 Å². The molecule has 2 aliphatic heterocycles. The normalized spacial score (nSPS) is 19.7. The van der Waals surface area contributed by atoms with Crippen molar-refractivity contribution in [1.82, 2.24) is 9.47 Å². The molecule has 1 amide bonds. The summed E-state index contributed by atoms with van der Waals surface area (Å²) < 4.78 is 1.83. The van der Waals surface area contributed by atoms with E-state index in [4.69, 9.17) is 5.26 Å². The van der Waals surface area contributed by atoms with Crippen LogP contribution in [0, 0.1) is 22.7 Å². The summed E-state index contributed by atoms with van der Waals surface area (Å²) in [5.74, 6) is -0.954. The minimum Gasteiger partial charge on any atom is -0.550 e. The lowest BCUT2D eigenvalue weighted by molar-refractivity contribution is -0.307. The molecule has 1 saturated heterocycles. The Morgan fingerprint density at radius 2 is 1.94 bits per heavy atom. The predicted molar refractivity (Wildman–Crippen MR) is 116 cm³/mol. The van der Waals surface area contributed by atoms with E-state index >= 15 is 0 Å². The van der Waals surface area contributed by atoms with E-state index < -0.39 is 11.4 Å². The number of rotatable bonds is 5. The van der Waals surface area contributed by atoms with Gasteiger partial charge in [-0.1, -0.05) is 26.0 Å². The number of hydrogen-bond donors (Lipinski definition) is 0. The van der Waals surface area contributed by atoms with Crippen LogP contribution in [0.1, 0.15) is 50.3 Å². The van der Waals surface area contributed by atoms with E-state index in [1.54, 1.807) is 32.0 Å². The van der Waals surface area contributed by atoms with Crippen molar-refractivity contribution >= 4 is 11.9 Å². The van der Waals surface area contributed by atoms with Crippen molar-refractivity contribution in [2.45, 2.75) is 45.6 Å². The van der Waals surface area contributed by atoms with Gasteiger partial charge in [0.1, 0.15) is 0 Å². The van der Waals surface area contributed by atoms with Gasteiger partial charge in [0.2, 0.25) is 5.91 Å². The zero-order valence-electron chi connectivity index (χ0n) is 18.3. The summed E-state index contributed by atoms with van der Waals surface area (Å²) in [6, 6.07) is 12.9. The van der Waals surface area contributed by atoms with Crippen molar-refractivity contribution in [3.8, 4) is 17.2 Å². The summed E-state index contributed by atoms with van der Waals surface area (Å²) in [5, 5.41) is 20.1. The second kappa shape index (κ2) is 8.27. The molecule has 7 nitrogen and oxygen atoms in total. The van der Waals surface area contributed by atoms with Crippen molar-refractivity contribution in [2.24, 2.45) is 11.3 Å². The number of nitrogens with zero attached hydrogens (tertiary/aromatic N) is 3. The molecule has 0 spiro atoms. The number of carbonyl (C=O) groups excluding carboxylic acids is 2. The Kier molecular flexibility index (Phi) is 5.64. The fourth-order valence-corrected chi connectivity index (χ4v) is 5.10. The van der Waals surface area contributed by atoms with Crippen LogP contribution in [0.2, 0.25) is 0 Å². The maximum Gasteiger partial charge on any atom is 0.258 e. The molecular formula is C25H26N3O4-. The highest BCUT2D eigenvalue weighted by atomic mass is 16.4. The summed E-state index contributed by atoms with van der Waals surface area (Å²) >= 11 is 0. The Morgan fingerprint density at radius 1 is 1.16 bits per heavy atom. The van der Waals surface area contributed by atoms with Gasteiger partial charge in [-0.25, -0.2) is 0 Å². The smallest absolute Gasteiger partial charge is 0.258 e. The second-order valence-electron chi connectivity index (χ2n) is 9.77. The van der Waals surface area contributed by atoms with Gasteiger partial charge in [-0.05, 0) is 54.0 Å². The monoisotopic (exact) mass is 432 g/mol. The zero-order chi connectivity index (χ0) is 23.0. The lowest BCUT2D eigenvalue weighted by Gasteiger charge is -2.43. The molecular weight excluding hydrogens is 406 g/mol. The Balaban J connectivity index is 1.57. The van der Waals surface area contributed by atoms with Crippen molar-refractivity contribution in [3.05, 3.63) is 58.0 Å². The number of fused-ring (bicyclic) bond motifs is 4. The van der Waals surface area contributed by atoms with Crippen LogP contribution in [0.4, 0.5) is 0 Å². The number of aliphatic carboxylic acids is 1. The van der Waals surface area contributed by atoms with Crippen molar-refractivity contribution in [1.29, 1.82) is 5.26 Å². The number of amides is 1. The Bertz CT molecular complexity index is 1170. The lowest BCUT2D eigenvalue weighted by Crippen LogP contribution is -2.50. The summed E-state index contributed by atoms with van der Waals surface area (Å²) in [4.78, 5) is 39.0. The number of carboxylic acids is 1. The molecule has 2 atom stereocenters. The highest BCUT2D eigenvalue weighted by molar-refractivity contribution is 5.78. The van der Waals surface area contributed by atoms with E-state index in [9.17, 15) is 19.5 Å². The third-order valence-electron chi connectivity index (χ3n) is 6.51. The highest BCUT2D eigenvalue weighted by Gasteiger charge is 2.37. The number of hydrogen-bond acceptors (Lipinski definition) is 5. The van der Waals surface area contributed by atoms with Crippen LogP contribution < -0.4 is 10.7 Å². The van der Waals surface area contributed by atoms with E-state index in [1.807, 2.05) is 27.7 Å². The fourth-order valence-electron chi connectivity index (χ4n) is 5.10. The van der Waals surface area contributed by atoms with Crippen LogP contribution >= 0.6 is 0 Å². The van der Waals surface area contributed by atoms with Gasteiger partial charge in [-0.3, -0.25) is 9.59 Å². The molecule has 0 N–H and O–H groups in total. The first-order valence-corrected chi connectivity index (χ1v) is 10.9. The van der Waals surface area contributed by atoms with Crippen LogP contribution in [0.25, 0.3) is 11.1 Å². The van der Waals surface area contributed by atoms with Crippen LogP contribution in [-0.2, 0) is 16.1 Å². The number of pyridine rings is 1. The third-order valence-corrected chi connectivity index (χ3v) is 6.51. The molecule has 0 saturated carbocycles. The van der Waals surface area contributed by atoms with E-state index in [0.717, 1.165) is 17.7 Å². The molecule has 32 heavy (non-hydrogen) atoms. The molecule has 2 aromatic rings. The quantitative estimate of drug-likeness (QED) is 0.717. The summed E-state index contributed by atoms with van der Waals surface area (Å²) in [7, 11) is 0. The zero-order valence-corrected chi connectivity index (χ0v) is 18.3. The number of benzene rings is 1. The molecule has 166 valence electrons. The van der Waals surface area contributed by atoms with Gasteiger partial charge in [0, 0.05) is 49.2 Å². The topological polar surface area (TPSA) is 106 Å². The molecule has 1 aromatic heterocycles. The molecule has 0 unspecified atom stereocenters. The van der Waals surface area contributed by atoms with Gasteiger partial charge in [-0.2, -0.15) is 5.26 Å². The lowest BCUT2D eigenvalue weighted by atomic mass is 9.81. The number of aromatic nitrogens is 1. The van der Waals surface area contributed by atoms with Crippen LogP contribution in [0.3, 0.4) is 0 Å². The Labute approximate surface area is 186 Å². The maximum absolute atomic E-state index is 13.3. The SMILES string of the molecule is CC(C)(CC(=O)[O-])CC(=O)N1C[C@@H]2C[C@H](C1)c1ccc(-c3cccc(C#N)c3)c(=O)n1C2. The molecule has 0 radical (unpaired) electrons. The predicted octanol–water partition coefficient (Wildman–Crippen LogP) is 1.89. The number of likely N-dealkylation sites (tertiary alicyclic amines) is 1. The standard InChI is InChI=1S/C25H27N3O4/c1-25(2,11-23(30)31)10-22(29)27-13-17-9-19(15-27)21-7-6-20(24(32)28(21)14-17)18-5-3-4-16(8-18)12-26/h3-8,17,19H,9-11,13-15H2,1-2H3,(H,30,31)/p-1/t17-,19+/m0/s1. The minimum absolute atomic E-state index is 0.0494. The van der Waals surface area contributed by atoms with E-state index in [2.05, 4.69) is 6.07 Å². The van der Waals surface area contributed by atoms with Crippen molar-refractivity contribution < 1.29 is 14.7 Å². The number of piperidine rings is 1. The Morgan fingerprint density at radius 3 is 2.66 bits per heavy atom. The average molecular weight is 433 g/mol. The van der Waals surface area contributed by atoms with Crippen LogP contribution in [0.15, 0.2) is 41.2 Å². The third kappa shape index (κ3) is 4.31. The van der Waals surface area contributed by atoms with Gasteiger partial charge < -0.3 is 19.4 Å². The highest BCUT2D eigenvalue weighted by Crippen LogP contribution is 2.37. The molecule has 2 bridgehead atoms. The summed E-state index contributed by atoms with van der Waals surface area (Å²) in [5.41, 5.74) is 2.01. The first-order valence-electron chi connectivity index (χ1n) is 10.9.